The Bertz CT molecular complexity index is 420. The minimum absolute atomic E-state index is 0.0608. The highest BCUT2D eigenvalue weighted by Crippen LogP contribution is 2.24. The SMILES string of the molecule is CCC(CC)(CBr)NC(=O)c1cccc(C)c1O. The molecule has 0 saturated heterocycles. The molecule has 0 heterocycles. The lowest BCUT2D eigenvalue weighted by atomic mass is 9.94. The standard InChI is InChI=1S/C14H20BrNO2/c1-4-14(5-2,9-15)16-13(18)11-8-6-7-10(3)12(11)17/h6-8,17H,4-5,9H2,1-3H3,(H,16,18). The molecule has 0 atom stereocenters. The van der Waals surface area contributed by atoms with Crippen molar-refractivity contribution in [1.29, 1.82) is 0 Å². The molecule has 0 aliphatic rings. The van der Waals surface area contributed by atoms with Crippen LogP contribution in [0.3, 0.4) is 0 Å². The van der Waals surface area contributed by atoms with E-state index in [9.17, 15) is 9.90 Å². The summed E-state index contributed by atoms with van der Waals surface area (Å²) in [6.07, 6.45) is 1.68. The topological polar surface area (TPSA) is 49.3 Å². The predicted octanol–water partition coefficient (Wildman–Crippen LogP) is 3.38. The van der Waals surface area contributed by atoms with E-state index in [4.69, 9.17) is 0 Å². The van der Waals surface area contributed by atoms with E-state index >= 15 is 0 Å². The van der Waals surface area contributed by atoms with Crippen molar-refractivity contribution in [3.8, 4) is 5.75 Å². The Balaban J connectivity index is 2.98. The summed E-state index contributed by atoms with van der Waals surface area (Å²) in [4.78, 5) is 12.2. The Kier molecular flexibility index (Phi) is 5.20. The fraction of sp³-hybridized carbons (Fsp3) is 0.500. The van der Waals surface area contributed by atoms with Gasteiger partial charge < -0.3 is 10.4 Å². The van der Waals surface area contributed by atoms with Gasteiger partial charge in [-0.05, 0) is 31.4 Å². The van der Waals surface area contributed by atoms with E-state index in [1.165, 1.54) is 0 Å². The second-order valence-electron chi connectivity index (χ2n) is 4.55. The van der Waals surface area contributed by atoms with Gasteiger partial charge in [0.05, 0.1) is 5.56 Å². The lowest BCUT2D eigenvalue weighted by Gasteiger charge is -2.31. The second-order valence-corrected chi connectivity index (χ2v) is 5.11. The summed E-state index contributed by atoms with van der Waals surface area (Å²) in [5.41, 5.74) is 0.787. The summed E-state index contributed by atoms with van der Waals surface area (Å²) >= 11 is 3.45. The van der Waals surface area contributed by atoms with Crippen LogP contribution < -0.4 is 5.32 Å². The average Bonchev–Trinajstić information content (AvgIpc) is 2.39. The first-order chi connectivity index (χ1) is 8.49. The molecule has 1 rings (SSSR count). The number of nitrogens with one attached hydrogen (secondary N) is 1. The zero-order valence-corrected chi connectivity index (χ0v) is 12.7. The van der Waals surface area contributed by atoms with Crippen LogP contribution in [0.25, 0.3) is 0 Å². The second kappa shape index (κ2) is 6.23. The number of carbonyl (C=O) groups is 1. The van der Waals surface area contributed by atoms with Crippen molar-refractivity contribution in [2.75, 3.05) is 5.33 Å². The van der Waals surface area contributed by atoms with E-state index in [1.807, 2.05) is 13.8 Å². The van der Waals surface area contributed by atoms with E-state index in [1.54, 1.807) is 25.1 Å². The Labute approximate surface area is 117 Å². The Hall–Kier alpha value is -1.03. The van der Waals surface area contributed by atoms with Gasteiger partial charge in [0.25, 0.3) is 5.91 Å². The summed E-state index contributed by atoms with van der Waals surface area (Å²) in [5, 5.41) is 13.6. The molecule has 1 amide bonds. The summed E-state index contributed by atoms with van der Waals surface area (Å²) < 4.78 is 0. The number of hydrogen-bond acceptors (Lipinski definition) is 2. The van der Waals surface area contributed by atoms with Gasteiger partial charge in [0.15, 0.2) is 0 Å². The third kappa shape index (κ3) is 3.05. The normalized spacial score (nSPS) is 11.3. The molecule has 1 aromatic rings. The van der Waals surface area contributed by atoms with Gasteiger partial charge in [-0.3, -0.25) is 4.79 Å². The molecular weight excluding hydrogens is 294 g/mol. The van der Waals surface area contributed by atoms with E-state index in [0.29, 0.717) is 16.5 Å². The molecule has 100 valence electrons. The minimum atomic E-state index is -0.257. The maximum Gasteiger partial charge on any atom is 0.255 e. The van der Waals surface area contributed by atoms with Crippen LogP contribution in [0.4, 0.5) is 0 Å². The van der Waals surface area contributed by atoms with Crippen LogP contribution in [0.1, 0.15) is 42.6 Å². The molecule has 0 saturated carbocycles. The fourth-order valence-electron chi connectivity index (χ4n) is 1.80. The smallest absolute Gasteiger partial charge is 0.255 e. The van der Waals surface area contributed by atoms with Crippen LogP contribution in [0, 0.1) is 6.92 Å². The van der Waals surface area contributed by atoms with Crippen LogP contribution in [-0.2, 0) is 0 Å². The van der Waals surface area contributed by atoms with Crippen LogP contribution >= 0.6 is 15.9 Å². The Morgan fingerprint density at radius 3 is 2.50 bits per heavy atom. The summed E-state index contributed by atoms with van der Waals surface area (Å²) in [6.45, 7) is 5.87. The van der Waals surface area contributed by atoms with Crippen molar-refractivity contribution >= 4 is 21.8 Å². The van der Waals surface area contributed by atoms with Crippen LogP contribution in [0.2, 0.25) is 0 Å². The predicted molar refractivity (Wildman–Crippen MR) is 77.4 cm³/mol. The van der Waals surface area contributed by atoms with Crippen LogP contribution in [-0.4, -0.2) is 21.9 Å². The van der Waals surface area contributed by atoms with E-state index in [2.05, 4.69) is 21.2 Å². The Morgan fingerprint density at radius 2 is 2.00 bits per heavy atom. The number of phenols is 1. The quantitative estimate of drug-likeness (QED) is 0.819. The molecule has 18 heavy (non-hydrogen) atoms. The molecular formula is C14H20BrNO2. The van der Waals surface area contributed by atoms with Gasteiger partial charge in [-0.15, -0.1) is 0 Å². The fourth-order valence-corrected chi connectivity index (χ4v) is 2.73. The highest BCUT2D eigenvalue weighted by molar-refractivity contribution is 9.09. The number of benzene rings is 1. The van der Waals surface area contributed by atoms with Gasteiger partial charge in [-0.25, -0.2) is 0 Å². The molecule has 0 unspecified atom stereocenters. The molecule has 0 fully saturated rings. The zero-order chi connectivity index (χ0) is 13.8. The Morgan fingerprint density at radius 1 is 1.39 bits per heavy atom. The third-order valence-corrected chi connectivity index (χ3v) is 4.54. The number of para-hydroxylation sites is 1. The highest BCUT2D eigenvalue weighted by atomic mass is 79.9. The molecule has 3 nitrogen and oxygen atoms in total. The van der Waals surface area contributed by atoms with Crippen molar-refractivity contribution in [2.45, 2.75) is 39.2 Å². The number of aromatic hydroxyl groups is 1. The average molecular weight is 314 g/mol. The number of amides is 1. The molecule has 0 aliphatic heterocycles. The monoisotopic (exact) mass is 313 g/mol. The first kappa shape index (κ1) is 15.0. The van der Waals surface area contributed by atoms with Gasteiger partial charge in [-0.1, -0.05) is 41.9 Å². The number of hydrogen-bond donors (Lipinski definition) is 2. The first-order valence-electron chi connectivity index (χ1n) is 6.16. The van der Waals surface area contributed by atoms with Crippen molar-refractivity contribution in [1.82, 2.24) is 5.32 Å². The van der Waals surface area contributed by atoms with Gasteiger partial charge in [-0.2, -0.15) is 0 Å². The molecule has 0 aromatic heterocycles. The largest absolute Gasteiger partial charge is 0.507 e. The minimum Gasteiger partial charge on any atom is -0.507 e. The van der Waals surface area contributed by atoms with Gasteiger partial charge in [0.2, 0.25) is 0 Å². The van der Waals surface area contributed by atoms with Crippen molar-refractivity contribution in [2.24, 2.45) is 0 Å². The van der Waals surface area contributed by atoms with Gasteiger partial charge >= 0.3 is 0 Å². The molecule has 1 aromatic carbocycles. The molecule has 0 radical (unpaired) electrons. The number of carbonyl (C=O) groups excluding carboxylic acids is 1. The number of alkyl halides is 1. The van der Waals surface area contributed by atoms with Crippen LogP contribution in [0.15, 0.2) is 18.2 Å². The highest BCUT2D eigenvalue weighted by Gasteiger charge is 2.28. The number of phenolic OH excluding ortho intramolecular Hbond substituents is 1. The number of rotatable bonds is 5. The molecule has 0 bridgehead atoms. The third-order valence-electron chi connectivity index (χ3n) is 3.47. The van der Waals surface area contributed by atoms with E-state index < -0.39 is 0 Å². The lowest BCUT2D eigenvalue weighted by Crippen LogP contribution is -2.49. The van der Waals surface area contributed by atoms with E-state index in [-0.39, 0.29) is 17.2 Å². The van der Waals surface area contributed by atoms with Gasteiger partial charge in [0, 0.05) is 10.9 Å². The number of aryl methyl sites for hydroxylation is 1. The summed E-state index contributed by atoms with van der Waals surface area (Å²) in [6, 6.07) is 5.20. The lowest BCUT2D eigenvalue weighted by molar-refractivity contribution is 0.0901. The summed E-state index contributed by atoms with van der Waals surface area (Å²) in [5.74, 6) is -0.162. The molecule has 2 N–H and O–H groups in total. The molecule has 0 aliphatic carbocycles. The maximum atomic E-state index is 12.2. The molecule has 4 heteroatoms. The summed E-state index contributed by atoms with van der Waals surface area (Å²) in [7, 11) is 0. The zero-order valence-electron chi connectivity index (χ0n) is 11.1. The van der Waals surface area contributed by atoms with Crippen molar-refractivity contribution < 1.29 is 9.90 Å². The number of halogens is 1. The van der Waals surface area contributed by atoms with Crippen molar-refractivity contribution in [3.05, 3.63) is 29.3 Å². The molecule has 0 spiro atoms. The van der Waals surface area contributed by atoms with E-state index in [0.717, 1.165) is 12.8 Å². The van der Waals surface area contributed by atoms with Crippen LogP contribution in [0.5, 0.6) is 5.75 Å². The van der Waals surface area contributed by atoms with Gasteiger partial charge in [0.1, 0.15) is 5.75 Å². The van der Waals surface area contributed by atoms with Crippen molar-refractivity contribution in [3.63, 3.8) is 0 Å². The first-order valence-corrected chi connectivity index (χ1v) is 7.29. The maximum absolute atomic E-state index is 12.2.